The Hall–Kier alpha value is -2.88. The molecule has 0 aliphatic heterocycles. The molecule has 0 aliphatic rings. The molecule has 104 valence electrons. The standard InChI is InChI=1S/C17H15N3O/c1-2-12-20-15-11-7-6-10-14(15)16(21)19-17(20)18-13-8-4-3-5-9-13/h2-11H,1,12H2,(H,18,19,21). The highest BCUT2D eigenvalue weighted by atomic mass is 16.1. The molecule has 4 nitrogen and oxygen atoms in total. The Balaban J connectivity index is 2.19. The molecule has 0 amide bonds. The minimum atomic E-state index is -0.232. The average Bonchev–Trinajstić information content (AvgIpc) is 2.52. The molecule has 0 aliphatic carbocycles. The van der Waals surface area contributed by atoms with Crippen molar-refractivity contribution in [2.24, 2.45) is 0 Å². The zero-order chi connectivity index (χ0) is 14.7. The quantitative estimate of drug-likeness (QED) is 0.744. The number of nitrogens with zero attached hydrogens (tertiary/aromatic N) is 2. The van der Waals surface area contributed by atoms with Gasteiger partial charge in [0.05, 0.1) is 10.9 Å². The minimum Gasteiger partial charge on any atom is -0.325 e. The summed E-state index contributed by atoms with van der Waals surface area (Å²) in [5.41, 5.74) is 1.50. The van der Waals surface area contributed by atoms with Crippen molar-refractivity contribution in [2.75, 3.05) is 5.32 Å². The van der Waals surface area contributed by atoms with Crippen LogP contribution in [0.15, 0.2) is 72.0 Å². The zero-order valence-corrected chi connectivity index (χ0v) is 11.5. The molecule has 0 atom stereocenters. The highest BCUT2D eigenvalue weighted by Crippen LogP contribution is 2.18. The van der Waals surface area contributed by atoms with Crippen molar-refractivity contribution in [3.05, 3.63) is 77.6 Å². The Morgan fingerprint density at radius 2 is 1.81 bits per heavy atom. The molecule has 0 saturated carbocycles. The first-order chi connectivity index (χ1) is 10.3. The smallest absolute Gasteiger partial charge is 0.282 e. The first-order valence-electron chi connectivity index (χ1n) is 6.72. The monoisotopic (exact) mass is 277 g/mol. The van der Waals surface area contributed by atoms with Gasteiger partial charge in [-0.2, -0.15) is 4.98 Å². The van der Waals surface area contributed by atoms with Gasteiger partial charge < -0.3 is 9.88 Å². The molecule has 3 rings (SSSR count). The van der Waals surface area contributed by atoms with E-state index in [-0.39, 0.29) is 5.56 Å². The summed E-state index contributed by atoms with van der Waals surface area (Å²) in [4.78, 5) is 16.3. The van der Waals surface area contributed by atoms with E-state index in [0.29, 0.717) is 17.9 Å². The summed E-state index contributed by atoms with van der Waals surface area (Å²) in [7, 11) is 0. The van der Waals surface area contributed by atoms with Crippen molar-refractivity contribution >= 4 is 22.5 Å². The SMILES string of the molecule is C=CCn1c(Nc2ccccc2)nc(=O)c2ccccc21. The van der Waals surface area contributed by atoms with Gasteiger partial charge in [0, 0.05) is 12.2 Å². The van der Waals surface area contributed by atoms with Crippen LogP contribution >= 0.6 is 0 Å². The summed E-state index contributed by atoms with van der Waals surface area (Å²) in [5.74, 6) is 0.518. The van der Waals surface area contributed by atoms with Gasteiger partial charge in [0.25, 0.3) is 5.56 Å². The lowest BCUT2D eigenvalue weighted by molar-refractivity contribution is 0.834. The fraction of sp³-hybridized carbons (Fsp3) is 0.0588. The second-order valence-corrected chi connectivity index (χ2v) is 4.65. The van der Waals surface area contributed by atoms with Crippen LogP contribution in [0.5, 0.6) is 0 Å². The number of fused-ring (bicyclic) bond motifs is 1. The Kier molecular flexibility index (Phi) is 3.51. The highest BCUT2D eigenvalue weighted by Gasteiger charge is 2.09. The second kappa shape index (κ2) is 5.63. The van der Waals surface area contributed by atoms with Gasteiger partial charge in [-0.25, -0.2) is 0 Å². The topological polar surface area (TPSA) is 46.9 Å². The van der Waals surface area contributed by atoms with Crippen LogP contribution in [-0.2, 0) is 6.54 Å². The van der Waals surface area contributed by atoms with Gasteiger partial charge in [-0.1, -0.05) is 36.4 Å². The lowest BCUT2D eigenvalue weighted by Gasteiger charge is -2.15. The van der Waals surface area contributed by atoms with Gasteiger partial charge in [0.1, 0.15) is 0 Å². The number of hydrogen-bond donors (Lipinski definition) is 1. The molecule has 1 heterocycles. The van der Waals surface area contributed by atoms with Gasteiger partial charge in [0.15, 0.2) is 0 Å². The van der Waals surface area contributed by atoms with E-state index < -0.39 is 0 Å². The van der Waals surface area contributed by atoms with Gasteiger partial charge in [0.2, 0.25) is 5.95 Å². The molecular weight excluding hydrogens is 262 g/mol. The minimum absolute atomic E-state index is 0.232. The number of nitrogens with one attached hydrogen (secondary N) is 1. The molecule has 2 aromatic carbocycles. The molecule has 4 heteroatoms. The zero-order valence-electron chi connectivity index (χ0n) is 11.5. The number of aromatic nitrogens is 2. The van der Waals surface area contributed by atoms with Crippen molar-refractivity contribution < 1.29 is 0 Å². The van der Waals surface area contributed by atoms with Gasteiger partial charge >= 0.3 is 0 Å². The van der Waals surface area contributed by atoms with Crippen LogP contribution in [0.1, 0.15) is 0 Å². The lowest BCUT2D eigenvalue weighted by atomic mass is 10.2. The summed E-state index contributed by atoms with van der Waals surface area (Å²) >= 11 is 0. The largest absolute Gasteiger partial charge is 0.325 e. The number of allylic oxidation sites excluding steroid dienone is 1. The van der Waals surface area contributed by atoms with E-state index in [1.807, 2.05) is 53.1 Å². The molecular formula is C17H15N3O. The van der Waals surface area contributed by atoms with Crippen LogP contribution in [0, 0.1) is 0 Å². The van der Waals surface area contributed by atoms with E-state index in [1.165, 1.54) is 0 Å². The third kappa shape index (κ3) is 2.56. The predicted octanol–water partition coefficient (Wildman–Crippen LogP) is 3.33. The summed E-state index contributed by atoms with van der Waals surface area (Å²) in [6, 6.07) is 17.1. The molecule has 0 saturated heterocycles. The van der Waals surface area contributed by atoms with Gasteiger partial charge in [-0.15, -0.1) is 6.58 Å². The molecule has 0 bridgehead atoms. The number of hydrogen-bond acceptors (Lipinski definition) is 3. The number of rotatable bonds is 4. The molecule has 1 N–H and O–H groups in total. The van der Waals surface area contributed by atoms with E-state index in [4.69, 9.17) is 0 Å². The Bertz CT molecular complexity index is 838. The van der Waals surface area contributed by atoms with Gasteiger partial charge in [-0.3, -0.25) is 4.79 Å². The number of anilines is 2. The van der Waals surface area contributed by atoms with Crippen LogP contribution in [-0.4, -0.2) is 9.55 Å². The molecule has 0 unspecified atom stereocenters. The van der Waals surface area contributed by atoms with Crippen molar-refractivity contribution in [3.8, 4) is 0 Å². The molecule has 0 spiro atoms. The molecule has 0 fully saturated rings. The van der Waals surface area contributed by atoms with E-state index in [0.717, 1.165) is 11.2 Å². The highest BCUT2D eigenvalue weighted by molar-refractivity contribution is 5.80. The molecule has 21 heavy (non-hydrogen) atoms. The number of benzene rings is 2. The Morgan fingerprint density at radius 3 is 2.57 bits per heavy atom. The van der Waals surface area contributed by atoms with Crippen molar-refractivity contribution in [2.45, 2.75) is 6.54 Å². The summed E-state index contributed by atoms with van der Waals surface area (Å²) in [6.07, 6.45) is 1.79. The fourth-order valence-corrected chi connectivity index (χ4v) is 2.28. The van der Waals surface area contributed by atoms with Crippen LogP contribution in [0.4, 0.5) is 11.6 Å². The van der Waals surface area contributed by atoms with E-state index >= 15 is 0 Å². The Morgan fingerprint density at radius 1 is 1.10 bits per heavy atom. The maximum absolute atomic E-state index is 12.2. The predicted molar refractivity (Wildman–Crippen MR) is 85.9 cm³/mol. The third-order valence-electron chi connectivity index (χ3n) is 3.23. The van der Waals surface area contributed by atoms with Crippen molar-refractivity contribution in [1.29, 1.82) is 0 Å². The molecule has 0 radical (unpaired) electrons. The maximum atomic E-state index is 12.2. The van der Waals surface area contributed by atoms with Crippen LogP contribution in [0.25, 0.3) is 10.9 Å². The molecule has 1 aromatic heterocycles. The fourth-order valence-electron chi connectivity index (χ4n) is 2.28. The summed E-state index contributed by atoms with van der Waals surface area (Å²) < 4.78 is 1.94. The van der Waals surface area contributed by atoms with Gasteiger partial charge in [-0.05, 0) is 24.3 Å². The average molecular weight is 277 g/mol. The number of para-hydroxylation sites is 2. The summed E-state index contributed by atoms with van der Waals surface area (Å²) in [5, 5.41) is 3.80. The maximum Gasteiger partial charge on any atom is 0.282 e. The second-order valence-electron chi connectivity index (χ2n) is 4.65. The van der Waals surface area contributed by atoms with E-state index in [1.54, 1.807) is 12.1 Å². The third-order valence-corrected chi connectivity index (χ3v) is 3.23. The Labute approximate surface area is 122 Å². The first kappa shape index (κ1) is 13.1. The van der Waals surface area contributed by atoms with E-state index in [9.17, 15) is 4.79 Å². The van der Waals surface area contributed by atoms with Crippen LogP contribution in [0.2, 0.25) is 0 Å². The van der Waals surface area contributed by atoms with Crippen LogP contribution in [0.3, 0.4) is 0 Å². The first-order valence-corrected chi connectivity index (χ1v) is 6.72. The lowest BCUT2D eigenvalue weighted by Crippen LogP contribution is -2.17. The van der Waals surface area contributed by atoms with Crippen molar-refractivity contribution in [1.82, 2.24) is 9.55 Å². The molecule has 3 aromatic rings. The van der Waals surface area contributed by atoms with Crippen LogP contribution < -0.4 is 10.9 Å². The normalized spacial score (nSPS) is 10.5. The van der Waals surface area contributed by atoms with E-state index in [2.05, 4.69) is 16.9 Å². The van der Waals surface area contributed by atoms with Crippen molar-refractivity contribution in [3.63, 3.8) is 0 Å². The summed E-state index contributed by atoms with van der Waals surface area (Å²) in [6.45, 7) is 4.35.